The summed E-state index contributed by atoms with van der Waals surface area (Å²) in [4.78, 5) is 17.9. The minimum Gasteiger partial charge on any atom is -0.395 e. The molecule has 0 aromatic rings. The van der Waals surface area contributed by atoms with Crippen molar-refractivity contribution in [2.24, 2.45) is 23.7 Å². The summed E-state index contributed by atoms with van der Waals surface area (Å²) < 4.78 is 5.51. The van der Waals surface area contributed by atoms with Crippen LogP contribution in [0.2, 0.25) is 0 Å². The molecular formula is C32H53N3O4. The van der Waals surface area contributed by atoms with Crippen LogP contribution in [0.25, 0.3) is 0 Å². The van der Waals surface area contributed by atoms with Crippen molar-refractivity contribution >= 4 is 6.03 Å². The second-order valence-corrected chi connectivity index (χ2v) is 13.3. The van der Waals surface area contributed by atoms with Crippen LogP contribution >= 0.6 is 0 Å². The Morgan fingerprint density at radius 3 is 2.18 bits per heavy atom. The van der Waals surface area contributed by atoms with E-state index in [9.17, 15) is 15.0 Å². The van der Waals surface area contributed by atoms with Crippen LogP contribution < -0.4 is 5.32 Å². The average molecular weight is 544 g/mol. The first-order valence-corrected chi connectivity index (χ1v) is 16.2. The Morgan fingerprint density at radius 2 is 1.54 bits per heavy atom. The highest BCUT2D eigenvalue weighted by molar-refractivity contribution is 5.74. The molecule has 0 unspecified atom stereocenters. The number of amides is 2. The zero-order valence-corrected chi connectivity index (χ0v) is 24.3. The van der Waals surface area contributed by atoms with Crippen molar-refractivity contribution in [2.45, 2.75) is 120 Å². The number of methoxy groups -OCH3 is 1. The second-order valence-electron chi connectivity index (χ2n) is 13.3. The molecule has 3 N–H and O–H groups in total. The summed E-state index contributed by atoms with van der Waals surface area (Å²) in [6.45, 7) is 2.34. The number of ether oxygens (including phenoxy) is 1. The number of aliphatic hydroxyl groups excluding tert-OH is 2. The fourth-order valence-electron chi connectivity index (χ4n) is 8.77. The van der Waals surface area contributed by atoms with Gasteiger partial charge >= 0.3 is 6.03 Å². The van der Waals surface area contributed by atoms with Crippen LogP contribution in [-0.4, -0.2) is 89.7 Å². The maximum Gasteiger partial charge on any atom is 0.317 e. The SMILES string of the molecule is COC1CCC(NC(=O)N2CCCCN3[C@H](CO)[C@H](C4CCC(C#CC5CCCCC5)CC4)[C@]3(CO)C2)CC1. The number of hydrogen-bond acceptors (Lipinski definition) is 5. The molecule has 3 saturated carbocycles. The quantitative estimate of drug-likeness (QED) is 0.454. The number of rotatable bonds is 5. The lowest BCUT2D eigenvalue weighted by Gasteiger charge is -2.67. The first-order valence-electron chi connectivity index (χ1n) is 16.2. The van der Waals surface area contributed by atoms with Gasteiger partial charge in [0.25, 0.3) is 0 Å². The summed E-state index contributed by atoms with van der Waals surface area (Å²) in [5, 5.41) is 24.7. The summed E-state index contributed by atoms with van der Waals surface area (Å²) in [7, 11) is 1.77. The van der Waals surface area contributed by atoms with Crippen molar-refractivity contribution in [2.75, 3.05) is 40.0 Å². The van der Waals surface area contributed by atoms with Crippen LogP contribution in [0.5, 0.6) is 0 Å². The molecule has 2 saturated heterocycles. The molecule has 2 heterocycles. The van der Waals surface area contributed by atoms with Gasteiger partial charge in [0.2, 0.25) is 0 Å². The monoisotopic (exact) mass is 543 g/mol. The molecule has 2 aliphatic heterocycles. The maximum atomic E-state index is 13.5. The number of carbonyl (C=O) groups is 1. The topological polar surface area (TPSA) is 85.3 Å². The van der Waals surface area contributed by atoms with Gasteiger partial charge in [0.05, 0.1) is 24.9 Å². The Morgan fingerprint density at radius 1 is 0.872 bits per heavy atom. The Balaban J connectivity index is 1.23. The largest absolute Gasteiger partial charge is 0.395 e. The third-order valence-electron chi connectivity index (χ3n) is 11.0. The first-order chi connectivity index (χ1) is 19.1. The van der Waals surface area contributed by atoms with Crippen LogP contribution in [0.3, 0.4) is 0 Å². The predicted octanol–water partition coefficient (Wildman–Crippen LogP) is 4.16. The third kappa shape index (κ3) is 6.45. The van der Waals surface area contributed by atoms with E-state index in [0.29, 0.717) is 30.4 Å². The molecule has 39 heavy (non-hydrogen) atoms. The molecule has 0 bridgehead atoms. The number of fused-ring (bicyclic) bond motifs is 1. The molecule has 5 fully saturated rings. The Hall–Kier alpha value is -1.33. The number of nitrogens with one attached hydrogen (secondary N) is 1. The van der Waals surface area contributed by atoms with E-state index in [1.807, 2.05) is 4.90 Å². The highest BCUT2D eigenvalue weighted by atomic mass is 16.5. The molecule has 220 valence electrons. The van der Waals surface area contributed by atoms with Crippen LogP contribution in [0.15, 0.2) is 0 Å². The molecule has 3 aliphatic carbocycles. The summed E-state index contributed by atoms with van der Waals surface area (Å²) in [6, 6.07) is 0.292. The summed E-state index contributed by atoms with van der Waals surface area (Å²) >= 11 is 0. The Kier molecular flexibility index (Phi) is 10.1. The van der Waals surface area contributed by atoms with Crippen LogP contribution in [0.1, 0.15) is 96.3 Å². The molecule has 0 aromatic carbocycles. The molecule has 0 spiro atoms. The van der Waals surface area contributed by atoms with E-state index in [1.165, 1.54) is 32.1 Å². The normalized spacial score (nSPS) is 38.4. The van der Waals surface area contributed by atoms with E-state index in [1.54, 1.807) is 7.11 Å². The van der Waals surface area contributed by atoms with Crippen LogP contribution in [0, 0.1) is 35.5 Å². The summed E-state index contributed by atoms with van der Waals surface area (Å²) in [6.07, 6.45) is 17.2. The Labute approximate surface area is 236 Å². The standard InChI is InChI=1S/C32H53N3O4/c1-39-28-17-15-27(16-18-28)33-31(38)34-19-5-6-20-35-29(21-36)30(32(35,22-34)23-37)26-13-11-25(12-14-26)10-9-24-7-3-2-4-8-24/h24-30,36-37H,2-8,11-23H2,1H3,(H,33,38)/t25?,26?,27?,28?,29-,30+,32-/m1/s1. The van der Waals surface area contributed by atoms with Crippen molar-refractivity contribution in [3.63, 3.8) is 0 Å². The van der Waals surface area contributed by atoms with Gasteiger partial charge in [-0.2, -0.15) is 0 Å². The molecule has 5 rings (SSSR count). The number of aliphatic hydroxyl groups is 2. The molecule has 7 nitrogen and oxygen atoms in total. The molecule has 2 amide bonds. The van der Waals surface area contributed by atoms with E-state index in [-0.39, 0.29) is 37.2 Å². The van der Waals surface area contributed by atoms with Gasteiger partial charge in [-0.1, -0.05) is 31.1 Å². The fourth-order valence-corrected chi connectivity index (χ4v) is 8.77. The molecule has 0 radical (unpaired) electrons. The van der Waals surface area contributed by atoms with Gasteiger partial charge in [-0.15, -0.1) is 0 Å². The van der Waals surface area contributed by atoms with E-state index in [2.05, 4.69) is 22.1 Å². The Bertz CT molecular complexity index is 851. The number of urea groups is 1. The zero-order valence-electron chi connectivity index (χ0n) is 24.3. The number of carbonyl (C=O) groups excluding carboxylic acids is 1. The van der Waals surface area contributed by atoms with Gasteiger partial charge in [-0.25, -0.2) is 4.79 Å². The maximum absolute atomic E-state index is 13.5. The molecule has 7 heteroatoms. The van der Waals surface area contributed by atoms with Gasteiger partial charge in [0.1, 0.15) is 0 Å². The molecular weight excluding hydrogens is 490 g/mol. The lowest BCUT2D eigenvalue weighted by Crippen LogP contribution is -2.81. The van der Waals surface area contributed by atoms with Gasteiger partial charge in [-0.3, -0.25) is 4.90 Å². The van der Waals surface area contributed by atoms with Crippen LogP contribution in [-0.2, 0) is 4.74 Å². The minimum atomic E-state index is -0.454. The molecule has 3 atom stereocenters. The predicted molar refractivity (Wildman–Crippen MR) is 153 cm³/mol. The lowest BCUT2D eigenvalue weighted by atomic mass is 9.58. The van der Waals surface area contributed by atoms with Gasteiger partial charge in [0, 0.05) is 50.0 Å². The zero-order chi connectivity index (χ0) is 27.2. The second kappa shape index (κ2) is 13.6. The third-order valence-corrected chi connectivity index (χ3v) is 11.0. The first kappa shape index (κ1) is 29.2. The summed E-state index contributed by atoms with van der Waals surface area (Å²) in [5.74, 6) is 9.05. The van der Waals surface area contributed by atoms with Crippen molar-refractivity contribution < 1.29 is 19.7 Å². The average Bonchev–Trinajstić information content (AvgIpc) is 2.97. The highest BCUT2D eigenvalue weighted by Crippen LogP contribution is 2.51. The van der Waals surface area contributed by atoms with Gasteiger partial charge in [0.15, 0.2) is 0 Å². The van der Waals surface area contributed by atoms with Crippen LogP contribution in [0.4, 0.5) is 4.79 Å². The molecule has 0 aromatic heterocycles. The van der Waals surface area contributed by atoms with Crippen molar-refractivity contribution in [3.8, 4) is 11.8 Å². The van der Waals surface area contributed by atoms with E-state index >= 15 is 0 Å². The number of nitrogens with zero attached hydrogens (tertiary/aromatic N) is 2. The van der Waals surface area contributed by atoms with Gasteiger partial charge in [-0.05, 0) is 89.5 Å². The van der Waals surface area contributed by atoms with E-state index < -0.39 is 5.54 Å². The molecule has 5 aliphatic rings. The smallest absolute Gasteiger partial charge is 0.317 e. The highest BCUT2D eigenvalue weighted by Gasteiger charge is 2.62. The summed E-state index contributed by atoms with van der Waals surface area (Å²) in [5.41, 5.74) is -0.454. The fraction of sp³-hybridized carbons (Fsp3) is 0.906. The minimum absolute atomic E-state index is 0.0124. The number of hydrogen-bond donors (Lipinski definition) is 3. The van der Waals surface area contributed by atoms with Crippen molar-refractivity contribution in [3.05, 3.63) is 0 Å². The van der Waals surface area contributed by atoms with E-state index in [0.717, 1.165) is 77.3 Å². The van der Waals surface area contributed by atoms with Crippen molar-refractivity contribution in [1.82, 2.24) is 15.1 Å². The van der Waals surface area contributed by atoms with E-state index in [4.69, 9.17) is 4.74 Å². The van der Waals surface area contributed by atoms with Crippen molar-refractivity contribution in [1.29, 1.82) is 0 Å². The lowest BCUT2D eigenvalue weighted by molar-refractivity contribution is -0.207. The van der Waals surface area contributed by atoms with Gasteiger partial charge < -0.3 is 25.2 Å².